The second-order valence-electron chi connectivity index (χ2n) is 4.63. The molecule has 0 radical (unpaired) electrons. The van der Waals surface area contributed by atoms with Crippen molar-refractivity contribution in [1.29, 1.82) is 0 Å². The summed E-state index contributed by atoms with van der Waals surface area (Å²) in [5.41, 5.74) is 4.87. The maximum absolute atomic E-state index is 12.3. The van der Waals surface area contributed by atoms with Gasteiger partial charge in [-0.05, 0) is 33.1 Å². The molecule has 4 nitrogen and oxygen atoms in total. The van der Waals surface area contributed by atoms with Crippen molar-refractivity contribution in [3.8, 4) is 0 Å². The van der Waals surface area contributed by atoms with E-state index < -0.39 is 5.60 Å². The normalized spacial score (nSPS) is 21.9. The summed E-state index contributed by atoms with van der Waals surface area (Å²) in [6.45, 7) is 4.24. The number of nitrogens with two attached hydrogens (primary N) is 1. The second-order valence-corrected chi connectivity index (χ2v) is 5.10. The second kappa shape index (κ2) is 5.10. The molecule has 1 saturated heterocycles. The van der Waals surface area contributed by atoms with Gasteiger partial charge in [0.05, 0.1) is 11.0 Å². The first-order valence-electron chi connectivity index (χ1n) is 5.55. The van der Waals surface area contributed by atoms with Gasteiger partial charge in [0, 0.05) is 13.7 Å². The van der Waals surface area contributed by atoms with E-state index in [2.05, 4.69) is 0 Å². The first-order valence-corrected chi connectivity index (χ1v) is 5.96. The van der Waals surface area contributed by atoms with Gasteiger partial charge in [-0.25, -0.2) is 0 Å². The van der Waals surface area contributed by atoms with Crippen LogP contribution in [0.1, 0.15) is 33.1 Å². The van der Waals surface area contributed by atoms with Crippen LogP contribution in [0.15, 0.2) is 0 Å². The zero-order valence-corrected chi connectivity index (χ0v) is 11.0. The van der Waals surface area contributed by atoms with E-state index in [0.717, 1.165) is 19.3 Å². The van der Waals surface area contributed by atoms with Crippen molar-refractivity contribution >= 4 is 23.1 Å². The maximum Gasteiger partial charge on any atom is 0.254 e. The number of likely N-dealkylation sites (tertiary alicyclic amines) is 1. The number of amides is 1. The number of nitrogens with zero attached hydrogens (tertiary/aromatic N) is 1. The van der Waals surface area contributed by atoms with Gasteiger partial charge >= 0.3 is 0 Å². The number of rotatable bonds is 3. The molecule has 0 aromatic rings. The summed E-state index contributed by atoms with van der Waals surface area (Å²) in [6, 6.07) is -0.106. The van der Waals surface area contributed by atoms with Crippen molar-refractivity contribution in [3.05, 3.63) is 0 Å². The summed E-state index contributed by atoms with van der Waals surface area (Å²) in [7, 11) is 1.54. The average molecular weight is 244 g/mol. The lowest BCUT2D eigenvalue weighted by Gasteiger charge is -2.39. The largest absolute Gasteiger partial charge is 0.392 e. The molecule has 1 unspecified atom stereocenters. The van der Waals surface area contributed by atoms with Gasteiger partial charge in [-0.15, -0.1) is 0 Å². The highest BCUT2D eigenvalue weighted by atomic mass is 32.1. The van der Waals surface area contributed by atoms with E-state index in [9.17, 15) is 4.79 Å². The lowest BCUT2D eigenvalue weighted by Crippen LogP contribution is -2.56. The van der Waals surface area contributed by atoms with Crippen LogP contribution in [0.25, 0.3) is 0 Å². The Balaban J connectivity index is 2.83. The Morgan fingerprint density at radius 1 is 1.50 bits per heavy atom. The molecular weight excluding hydrogens is 224 g/mol. The van der Waals surface area contributed by atoms with Gasteiger partial charge in [0.1, 0.15) is 5.60 Å². The van der Waals surface area contributed by atoms with Crippen molar-refractivity contribution < 1.29 is 9.53 Å². The van der Waals surface area contributed by atoms with Gasteiger partial charge in [-0.3, -0.25) is 4.79 Å². The van der Waals surface area contributed by atoms with Gasteiger partial charge < -0.3 is 15.4 Å². The minimum Gasteiger partial charge on any atom is -0.392 e. The van der Waals surface area contributed by atoms with Crippen LogP contribution in [0.2, 0.25) is 0 Å². The number of ether oxygens (including phenoxy) is 1. The zero-order valence-electron chi connectivity index (χ0n) is 10.2. The molecule has 0 aromatic carbocycles. The fraction of sp³-hybridized carbons (Fsp3) is 0.818. The minimum atomic E-state index is -0.805. The molecule has 0 bridgehead atoms. The molecule has 0 spiro atoms. The predicted molar refractivity (Wildman–Crippen MR) is 67.2 cm³/mol. The SMILES string of the molecule is COC(C)(C)C(=O)N1CCCCC1C(N)=S. The van der Waals surface area contributed by atoms with Crippen molar-refractivity contribution in [3.63, 3.8) is 0 Å². The fourth-order valence-electron chi connectivity index (χ4n) is 1.90. The third-order valence-electron chi connectivity index (χ3n) is 3.12. The summed E-state index contributed by atoms with van der Waals surface area (Å²) >= 11 is 5.01. The number of thiocarbonyl (C=S) groups is 1. The number of hydrogen-bond acceptors (Lipinski definition) is 3. The van der Waals surface area contributed by atoms with Crippen molar-refractivity contribution in [2.45, 2.75) is 44.8 Å². The Morgan fingerprint density at radius 3 is 2.62 bits per heavy atom. The van der Waals surface area contributed by atoms with E-state index in [1.807, 2.05) is 0 Å². The molecule has 1 heterocycles. The van der Waals surface area contributed by atoms with Crippen LogP contribution in [-0.2, 0) is 9.53 Å². The third kappa shape index (κ3) is 2.71. The van der Waals surface area contributed by atoms with Crippen LogP contribution in [0, 0.1) is 0 Å². The molecule has 16 heavy (non-hydrogen) atoms. The smallest absolute Gasteiger partial charge is 0.254 e. The molecule has 5 heteroatoms. The van der Waals surface area contributed by atoms with Gasteiger partial charge in [0.25, 0.3) is 5.91 Å². The zero-order chi connectivity index (χ0) is 12.3. The molecule has 0 aliphatic carbocycles. The monoisotopic (exact) mass is 244 g/mol. The Labute approximate surface area is 102 Å². The Kier molecular flexibility index (Phi) is 4.27. The molecule has 1 rings (SSSR count). The summed E-state index contributed by atoms with van der Waals surface area (Å²) in [6.07, 6.45) is 2.94. The fourth-order valence-corrected chi connectivity index (χ4v) is 2.15. The van der Waals surface area contributed by atoms with Gasteiger partial charge in [0.15, 0.2) is 0 Å². The number of piperidine rings is 1. The van der Waals surface area contributed by atoms with E-state index in [0.29, 0.717) is 11.5 Å². The van der Waals surface area contributed by atoms with Crippen LogP contribution in [0.3, 0.4) is 0 Å². The molecule has 0 saturated carbocycles. The molecular formula is C11H20N2O2S. The van der Waals surface area contributed by atoms with Crippen LogP contribution in [-0.4, -0.2) is 41.1 Å². The Bertz CT molecular complexity index is 292. The number of carbonyl (C=O) groups excluding carboxylic acids is 1. The van der Waals surface area contributed by atoms with Gasteiger partial charge in [0.2, 0.25) is 0 Å². The van der Waals surface area contributed by atoms with Gasteiger partial charge in [-0.1, -0.05) is 12.2 Å². The number of methoxy groups -OCH3 is 1. The van der Waals surface area contributed by atoms with E-state index in [1.165, 1.54) is 7.11 Å². The quantitative estimate of drug-likeness (QED) is 0.755. The lowest BCUT2D eigenvalue weighted by molar-refractivity contribution is -0.153. The van der Waals surface area contributed by atoms with Crippen molar-refractivity contribution in [2.24, 2.45) is 5.73 Å². The molecule has 1 aliphatic heterocycles. The molecule has 1 aliphatic rings. The van der Waals surface area contributed by atoms with Crippen LogP contribution in [0.5, 0.6) is 0 Å². The van der Waals surface area contributed by atoms with Crippen LogP contribution < -0.4 is 5.73 Å². The highest BCUT2D eigenvalue weighted by Crippen LogP contribution is 2.22. The lowest BCUT2D eigenvalue weighted by atomic mass is 9.98. The first-order chi connectivity index (χ1) is 7.40. The average Bonchev–Trinajstić information content (AvgIpc) is 2.28. The summed E-state index contributed by atoms with van der Waals surface area (Å²) in [5, 5.41) is 0. The minimum absolute atomic E-state index is 0.0347. The molecule has 1 fully saturated rings. The summed E-state index contributed by atoms with van der Waals surface area (Å²) < 4.78 is 5.21. The van der Waals surface area contributed by atoms with Crippen molar-refractivity contribution in [1.82, 2.24) is 4.90 Å². The Morgan fingerprint density at radius 2 is 2.12 bits per heavy atom. The van der Waals surface area contributed by atoms with E-state index in [1.54, 1.807) is 18.7 Å². The van der Waals surface area contributed by atoms with Crippen LogP contribution in [0.4, 0.5) is 0 Å². The maximum atomic E-state index is 12.3. The molecule has 92 valence electrons. The van der Waals surface area contributed by atoms with Crippen molar-refractivity contribution in [2.75, 3.05) is 13.7 Å². The molecule has 1 atom stereocenters. The number of carbonyl (C=O) groups is 1. The van der Waals surface area contributed by atoms with E-state index >= 15 is 0 Å². The van der Waals surface area contributed by atoms with E-state index in [4.69, 9.17) is 22.7 Å². The summed E-state index contributed by atoms with van der Waals surface area (Å²) in [4.78, 5) is 14.4. The Hall–Kier alpha value is -0.680. The van der Waals surface area contributed by atoms with E-state index in [-0.39, 0.29) is 11.9 Å². The van der Waals surface area contributed by atoms with Crippen LogP contribution >= 0.6 is 12.2 Å². The molecule has 0 aromatic heterocycles. The molecule has 1 amide bonds. The third-order valence-corrected chi connectivity index (χ3v) is 3.39. The summed E-state index contributed by atoms with van der Waals surface area (Å²) in [5.74, 6) is -0.0347. The highest BCUT2D eigenvalue weighted by Gasteiger charge is 2.37. The standard InChI is InChI=1S/C11H20N2O2S/c1-11(2,15-3)10(14)13-7-5-4-6-8(13)9(12)16/h8H,4-7H2,1-3H3,(H2,12,16). The van der Waals surface area contributed by atoms with Gasteiger partial charge in [-0.2, -0.15) is 0 Å². The predicted octanol–water partition coefficient (Wildman–Crippen LogP) is 1.08. The highest BCUT2D eigenvalue weighted by molar-refractivity contribution is 7.80. The molecule has 2 N–H and O–H groups in total. The first kappa shape index (κ1) is 13.4. The number of hydrogen-bond donors (Lipinski definition) is 1. The topological polar surface area (TPSA) is 55.6 Å².